The Morgan fingerprint density at radius 3 is 2.61 bits per heavy atom. The number of benzene rings is 1. The van der Waals surface area contributed by atoms with E-state index in [1.165, 1.54) is 21.7 Å². The van der Waals surface area contributed by atoms with Crippen LogP contribution in [0.25, 0.3) is 5.69 Å². The van der Waals surface area contributed by atoms with Crippen molar-refractivity contribution in [3.63, 3.8) is 0 Å². The van der Waals surface area contributed by atoms with Crippen LogP contribution in [0, 0.1) is 5.82 Å². The number of hydrogen-bond acceptors (Lipinski definition) is 4. The summed E-state index contributed by atoms with van der Waals surface area (Å²) in [4.78, 5) is 13.9. The molecule has 1 saturated heterocycles. The molecule has 0 saturated carbocycles. The van der Waals surface area contributed by atoms with E-state index in [9.17, 15) is 17.6 Å². The first-order chi connectivity index (χ1) is 10.9. The van der Waals surface area contributed by atoms with E-state index < -0.39 is 9.84 Å². The minimum Gasteiger partial charge on any atom is -0.336 e. The van der Waals surface area contributed by atoms with Gasteiger partial charge in [0.2, 0.25) is 0 Å². The fourth-order valence-electron chi connectivity index (χ4n) is 2.60. The zero-order valence-corrected chi connectivity index (χ0v) is 13.3. The van der Waals surface area contributed by atoms with Crippen LogP contribution in [0.4, 0.5) is 4.39 Å². The molecule has 1 aromatic heterocycles. The summed E-state index contributed by atoms with van der Waals surface area (Å²) in [5, 5.41) is 4.19. The fourth-order valence-corrected chi connectivity index (χ4v) is 4.38. The van der Waals surface area contributed by atoms with Crippen molar-refractivity contribution in [3.8, 4) is 5.69 Å². The number of hydrogen-bond donors (Lipinski definition) is 0. The summed E-state index contributed by atoms with van der Waals surface area (Å²) in [6.45, 7) is 0. The Bertz CT molecular complexity index is 830. The molecular formula is C15H16FN3O3S. The second-order valence-electron chi connectivity index (χ2n) is 5.59. The number of nitrogens with zero attached hydrogens (tertiary/aromatic N) is 3. The minimum atomic E-state index is -3.05. The topological polar surface area (TPSA) is 72.3 Å². The summed E-state index contributed by atoms with van der Waals surface area (Å²) >= 11 is 0. The smallest absolute Gasteiger partial charge is 0.274 e. The molecule has 122 valence electrons. The molecule has 0 N–H and O–H groups in total. The Morgan fingerprint density at radius 2 is 2.00 bits per heavy atom. The number of carbonyl (C=O) groups is 1. The summed E-state index contributed by atoms with van der Waals surface area (Å²) in [6, 6.07) is 6.99. The maximum Gasteiger partial charge on any atom is 0.274 e. The highest BCUT2D eigenvalue weighted by atomic mass is 32.2. The van der Waals surface area contributed by atoms with Crippen molar-refractivity contribution in [3.05, 3.63) is 48.0 Å². The third kappa shape index (κ3) is 3.26. The Kier molecular flexibility index (Phi) is 3.93. The molecular weight excluding hydrogens is 321 g/mol. The standard InChI is InChI=1S/C15H16FN3O3S/c1-18(13-7-9-23(21,22)10-13)15(20)14-6-8-19(17-14)12-4-2-11(16)3-5-12/h2-6,8,13H,7,9-10H2,1H3/t13-/m1/s1. The van der Waals surface area contributed by atoms with Crippen LogP contribution in [0.2, 0.25) is 0 Å². The van der Waals surface area contributed by atoms with Crippen molar-refractivity contribution in [2.75, 3.05) is 18.6 Å². The Hall–Kier alpha value is -2.22. The number of halogens is 1. The molecule has 0 aliphatic carbocycles. The lowest BCUT2D eigenvalue weighted by Gasteiger charge is -2.22. The molecule has 1 aromatic carbocycles. The van der Waals surface area contributed by atoms with E-state index in [1.807, 2.05) is 0 Å². The molecule has 8 heteroatoms. The van der Waals surface area contributed by atoms with Crippen LogP contribution in [-0.2, 0) is 9.84 Å². The van der Waals surface area contributed by atoms with E-state index in [1.54, 1.807) is 31.4 Å². The van der Waals surface area contributed by atoms with Gasteiger partial charge in [-0.1, -0.05) is 0 Å². The fraction of sp³-hybridized carbons (Fsp3) is 0.333. The third-order valence-electron chi connectivity index (χ3n) is 3.98. The zero-order chi connectivity index (χ0) is 16.6. The largest absolute Gasteiger partial charge is 0.336 e. The van der Waals surface area contributed by atoms with Crippen LogP contribution < -0.4 is 0 Å². The van der Waals surface area contributed by atoms with Gasteiger partial charge >= 0.3 is 0 Å². The van der Waals surface area contributed by atoms with Gasteiger partial charge in [0.05, 0.1) is 17.2 Å². The van der Waals surface area contributed by atoms with Crippen LogP contribution in [0.5, 0.6) is 0 Å². The normalized spacial score (nSPS) is 19.7. The molecule has 0 bridgehead atoms. The minimum absolute atomic E-state index is 0.00604. The maximum absolute atomic E-state index is 12.9. The first-order valence-electron chi connectivity index (χ1n) is 7.15. The predicted molar refractivity (Wildman–Crippen MR) is 82.7 cm³/mol. The van der Waals surface area contributed by atoms with Gasteiger partial charge in [-0.05, 0) is 36.8 Å². The molecule has 23 heavy (non-hydrogen) atoms. The van der Waals surface area contributed by atoms with Crippen LogP contribution in [-0.4, -0.2) is 53.6 Å². The van der Waals surface area contributed by atoms with Crippen molar-refractivity contribution in [2.24, 2.45) is 0 Å². The van der Waals surface area contributed by atoms with Gasteiger partial charge < -0.3 is 4.90 Å². The monoisotopic (exact) mass is 337 g/mol. The number of sulfone groups is 1. The Balaban J connectivity index is 1.77. The summed E-state index contributed by atoms with van der Waals surface area (Å²) < 4.78 is 37.5. The molecule has 0 unspecified atom stereocenters. The highest BCUT2D eigenvalue weighted by molar-refractivity contribution is 7.91. The molecule has 0 radical (unpaired) electrons. The zero-order valence-electron chi connectivity index (χ0n) is 12.5. The van der Waals surface area contributed by atoms with Gasteiger partial charge in [-0.25, -0.2) is 17.5 Å². The van der Waals surface area contributed by atoms with Gasteiger partial charge in [-0.2, -0.15) is 5.10 Å². The van der Waals surface area contributed by atoms with E-state index >= 15 is 0 Å². The molecule has 1 amide bonds. The number of aromatic nitrogens is 2. The molecule has 2 aromatic rings. The summed E-state index contributed by atoms with van der Waals surface area (Å²) in [7, 11) is -1.47. The van der Waals surface area contributed by atoms with Gasteiger partial charge in [0.1, 0.15) is 5.82 Å². The van der Waals surface area contributed by atoms with Crippen LogP contribution in [0.1, 0.15) is 16.9 Å². The highest BCUT2D eigenvalue weighted by Crippen LogP contribution is 2.18. The maximum atomic E-state index is 12.9. The van der Waals surface area contributed by atoms with Gasteiger partial charge in [0, 0.05) is 19.3 Å². The quantitative estimate of drug-likeness (QED) is 0.845. The van der Waals surface area contributed by atoms with E-state index in [0.29, 0.717) is 12.1 Å². The molecule has 3 rings (SSSR count). The van der Waals surface area contributed by atoms with Gasteiger partial charge in [-0.3, -0.25) is 4.79 Å². The van der Waals surface area contributed by atoms with Crippen molar-refractivity contribution >= 4 is 15.7 Å². The second kappa shape index (κ2) is 5.77. The van der Waals surface area contributed by atoms with Crippen molar-refractivity contribution in [2.45, 2.75) is 12.5 Å². The number of carbonyl (C=O) groups excluding carboxylic acids is 1. The van der Waals surface area contributed by atoms with Gasteiger partial charge in [0.15, 0.2) is 15.5 Å². The summed E-state index contributed by atoms with van der Waals surface area (Å²) in [6.07, 6.45) is 2.06. The number of rotatable bonds is 3. The lowest BCUT2D eigenvalue weighted by molar-refractivity contribution is 0.0741. The molecule has 1 aliphatic rings. The predicted octanol–water partition coefficient (Wildman–Crippen LogP) is 1.27. The number of amides is 1. The van der Waals surface area contributed by atoms with Crippen molar-refractivity contribution < 1.29 is 17.6 Å². The summed E-state index contributed by atoms with van der Waals surface area (Å²) in [5.74, 6) is -0.569. The lowest BCUT2D eigenvalue weighted by atomic mass is 10.2. The van der Waals surface area contributed by atoms with E-state index in [4.69, 9.17) is 0 Å². The summed E-state index contributed by atoms with van der Waals surface area (Å²) in [5.41, 5.74) is 0.859. The first-order valence-corrected chi connectivity index (χ1v) is 8.97. The van der Waals surface area contributed by atoms with E-state index in [-0.39, 0.29) is 35.0 Å². The van der Waals surface area contributed by atoms with Gasteiger partial charge in [0.25, 0.3) is 5.91 Å². The van der Waals surface area contributed by atoms with Crippen LogP contribution in [0.15, 0.2) is 36.5 Å². The second-order valence-corrected chi connectivity index (χ2v) is 7.82. The molecule has 1 fully saturated rings. The van der Waals surface area contributed by atoms with E-state index in [2.05, 4.69) is 5.10 Å². The lowest BCUT2D eigenvalue weighted by Crippen LogP contribution is -2.38. The van der Waals surface area contributed by atoms with Crippen molar-refractivity contribution in [1.29, 1.82) is 0 Å². The molecule has 2 heterocycles. The molecule has 1 aliphatic heterocycles. The SMILES string of the molecule is CN(C(=O)c1ccn(-c2ccc(F)cc2)n1)[C@@H]1CCS(=O)(=O)C1. The average molecular weight is 337 g/mol. The average Bonchev–Trinajstić information content (AvgIpc) is 3.13. The van der Waals surface area contributed by atoms with Gasteiger partial charge in [-0.15, -0.1) is 0 Å². The third-order valence-corrected chi connectivity index (χ3v) is 5.73. The van der Waals surface area contributed by atoms with Crippen molar-refractivity contribution in [1.82, 2.24) is 14.7 Å². The Morgan fingerprint density at radius 1 is 1.30 bits per heavy atom. The molecule has 0 spiro atoms. The van der Waals surface area contributed by atoms with Crippen LogP contribution in [0.3, 0.4) is 0 Å². The molecule has 6 nitrogen and oxygen atoms in total. The first kappa shape index (κ1) is 15.7. The Labute approximate surface area is 133 Å². The van der Waals surface area contributed by atoms with Crippen LogP contribution >= 0.6 is 0 Å². The molecule has 1 atom stereocenters. The highest BCUT2D eigenvalue weighted by Gasteiger charge is 2.33. The van der Waals surface area contributed by atoms with E-state index in [0.717, 1.165) is 0 Å².